The van der Waals surface area contributed by atoms with Gasteiger partial charge in [-0.05, 0) is 12.1 Å². The monoisotopic (exact) mass is 197 g/mol. The van der Waals surface area contributed by atoms with Crippen molar-refractivity contribution in [3.8, 4) is 0 Å². The van der Waals surface area contributed by atoms with Gasteiger partial charge < -0.3 is 5.43 Å². The van der Waals surface area contributed by atoms with E-state index >= 15 is 0 Å². The predicted molar refractivity (Wildman–Crippen MR) is 55.0 cm³/mol. The van der Waals surface area contributed by atoms with Crippen molar-refractivity contribution >= 4 is 32.5 Å². The first kappa shape index (κ1) is 7.85. The van der Waals surface area contributed by atoms with Crippen molar-refractivity contribution in [2.45, 2.75) is 5.03 Å². The standard InChI is InChI=1S/C7H7N3S2/c11-7-10-9-5-12(7)6-3-1-2-4-8-6/h1-5,9H,(H,10,11). The summed E-state index contributed by atoms with van der Waals surface area (Å²) in [6, 6.07) is 5.83. The van der Waals surface area contributed by atoms with Gasteiger partial charge in [0.05, 0.1) is 5.03 Å². The fourth-order valence-electron chi connectivity index (χ4n) is 0.888. The van der Waals surface area contributed by atoms with Gasteiger partial charge in [0, 0.05) is 11.7 Å². The van der Waals surface area contributed by atoms with Crippen LogP contribution >= 0.6 is 22.7 Å². The van der Waals surface area contributed by atoms with E-state index in [0.29, 0.717) is 0 Å². The highest BCUT2D eigenvalue weighted by Gasteiger charge is 2.10. The molecule has 62 valence electrons. The average molecular weight is 197 g/mol. The molecule has 0 aromatic carbocycles. The maximum absolute atomic E-state index is 5.09. The zero-order chi connectivity index (χ0) is 8.39. The summed E-state index contributed by atoms with van der Waals surface area (Å²) in [6.07, 6.45) is 1.77. The summed E-state index contributed by atoms with van der Waals surface area (Å²) in [6.45, 7) is 0. The van der Waals surface area contributed by atoms with Crippen molar-refractivity contribution < 1.29 is 0 Å². The van der Waals surface area contributed by atoms with E-state index < -0.39 is 0 Å². The Labute approximate surface area is 78.1 Å². The molecule has 3 nitrogen and oxygen atoms in total. The van der Waals surface area contributed by atoms with Gasteiger partial charge in [-0.15, -0.1) is 0 Å². The Bertz CT molecular complexity index is 334. The van der Waals surface area contributed by atoms with Crippen LogP contribution in [0, 0.1) is 0 Å². The highest BCUT2D eigenvalue weighted by molar-refractivity contribution is 8.34. The van der Waals surface area contributed by atoms with Gasteiger partial charge in [0.1, 0.15) is 4.32 Å². The van der Waals surface area contributed by atoms with Crippen molar-refractivity contribution in [2.75, 3.05) is 0 Å². The molecule has 12 heavy (non-hydrogen) atoms. The van der Waals surface area contributed by atoms with E-state index in [0.717, 1.165) is 9.35 Å². The Balaban J connectivity index is 2.38. The molecule has 0 bridgehead atoms. The van der Waals surface area contributed by atoms with Gasteiger partial charge in [-0.2, -0.15) is 0 Å². The number of rotatable bonds is 1. The second kappa shape index (κ2) is 3.30. The fourth-order valence-corrected chi connectivity index (χ4v) is 2.51. The second-order valence-electron chi connectivity index (χ2n) is 2.18. The van der Waals surface area contributed by atoms with Crippen LogP contribution in [-0.4, -0.2) is 14.8 Å². The molecule has 1 aliphatic heterocycles. The summed E-state index contributed by atoms with van der Waals surface area (Å²) < 4.78 is 0.800. The molecule has 2 heterocycles. The third-order valence-corrected chi connectivity index (χ3v) is 3.60. The van der Waals surface area contributed by atoms with Gasteiger partial charge in [-0.3, -0.25) is 0 Å². The minimum absolute atomic E-state index is 0.162. The highest BCUT2D eigenvalue weighted by atomic mass is 32.2. The number of aromatic nitrogens is 1. The van der Waals surface area contributed by atoms with Crippen LogP contribution in [0.15, 0.2) is 29.4 Å². The van der Waals surface area contributed by atoms with Crippen LogP contribution in [0.1, 0.15) is 0 Å². The molecule has 0 spiro atoms. The smallest absolute Gasteiger partial charge is 0.149 e. The number of thiocarbonyl (C=S) groups is 1. The molecule has 0 fully saturated rings. The molecule has 1 atom stereocenters. The lowest BCUT2D eigenvalue weighted by atomic mass is 10.5. The average Bonchev–Trinajstić information content (AvgIpc) is 2.53. The Kier molecular flexibility index (Phi) is 2.16. The summed E-state index contributed by atoms with van der Waals surface area (Å²) in [5, 5.41) is 1.00. The van der Waals surface area contributed by atoms with Gasteiger partial charge >= 0.3 is 0 Å². The third kappa shape index (κ3) is 1.38. The number of nitrogens with one attached hydrogen (secondary N) is 2. The summed E-state index contributed by atoms with van der Waals surface area (Å²) in [4.78, 5) is 4.22. The molecule has 0 saturated carbocycles. The van der Waals surface area contributed by atoms with E-state index in [4.69, 9.17) is 12.2 Å². The van der Waals surface area contributed by atoms with Crippen molar-refractivity contribution in [2.24, 2.45) is 0 Å². The molecular weight excluding hydrogens is 190 g/mol. The van der Waals surface area contributed by atoms with E-state index in [-0.39, 0.29) is 10.5 Å². The zero-order valence-electron chi connectivity index (χ0n) is 6.15. The molecule has 1 aliphatic rings. The van der Waals surface area contributed by atoms with Crippen LogP contribution in [0.3, 0.4) is 0 Å². The summed E-state index contributed by atoms with van der Waals surface area (Å²) in [5.74, 6) is 0. The van der Waals surface area contributed by atoms with Crippen LogP contribution < -0.4 is 10.9 Å². The maximum Gasteiger partial charge on any atom is 0.149 e. The molecule has 0 amide bonds. The van der Waals surface area contributed by atoms with Crippen LogP contribution in [0.4, 0.5) is 0 Å². The molecule has 5 heteroatoms. The molecule has 1 aromatic heterocycles. The molecule has 2 rings (SSSR count). The van der Waals surface area contributed by atoms with Crippen molar-refractivity contribution in [1.82, 2.24) is 15.8 Å². The van der Waals surface area contributed by atoms with Crippen LogP contribution in [0.2, 0.25) is 0 Å². The molecule has 0 radical (unpaired) electrons. The van der Waals surface area contributed by atoms with E-state index in [1.54, 1.807) is 6.20 Å². The van der Waals surface area contributed by atoms with Crippen LogP contribution in [0.25, 0.3) is 0 Å². The minimum Gasteiger partial charge on any atom is -0.302 e. The topological polar surface area (TPSA) is 37.0 Å². The lowest BCUT2D eigenvalue weighted by Crippen LogP contribution is -2.26. The number of hydrogen-bond donors (Lipinski definition) is 2. The number of nitrogens with zero attached hydrogens (tertiary/aromatic N) is 1. The van der Waals surface area contributed by atoms with Crippen molar-refractivity contribution in [1.29, 1.82) is 0 Å². The van der Waals surface area contributed by atoms with E-state index in [2.05, 4.69) is 15.8 Å². The largest absolute Gasteiger partial charge is 0.302 e. The summed E-state index contributed by atoms with van der Waals surface area (Å²) >= 11 is 5.09. The number of hydrazine groups is 1. The lowest BCUT2D eigenvalue weighted by molar-refractivity contribution is 0.926. The van der Waals surface area contributed by atoms with Gasteiger partial charge in [0.25, 0.3) is 0 Å². The first-order chi connectivity index (χ1) is 5.88. The number of pyridine rings is 1. The first-order valence-corrected chi connectivity index (χ1v) is 5.10. The number of hydrogen-bond acceptors (Lipinski definition) is 3. The SMILES string of the molecule is S=C1NNC=S1c1ccccn1. The Morgan fingerprint density at radius 2 is 2.33 bits per heavy atom. The maximum atomic E-state index is 5.09. The third-order valence-electron chi connectivity index (χ3n) is 1.41. The second-order valence-corrected chi connectivity index (χ2v) is 4.58. The van der Waals surface area contributed by atoms with E-state index in [1.807, 2.05) is 23.7 Å². The van der Waals surface area contributed by atoms with E-state index in [9.17, 15) is 0 Å². The fraction of sp³-hybridized carbons (Fsp3) is 0. The predicted octanol–water partition coefficient (Wildman–Crippen LogP) is 0.862. The van der Waals surface area contributed by atoms with E-state index in [1.165, 1.54) is 0 Å². The molecule has 1 aromatic rings. The zero-order valence-corrected chi connectivity index (χ0v) is 7.78. The summed E-state index contributed by atoms with van der Waals surface area (Å²) in [7, 11) is -0.162. The molecule has 0 aliphatic carbocycles. The normalized spacial score (nSPS) is 21.7. The Morgan fingerprint density at radius 3 is 2.92 bits per heavy atom. The quantitative estimate of drug-likeness (QED) is 0.655. The van der Waals surface area contributed by atoms with Crippen molar-refractivity contribution in [3.05, 3.63) is 24.4 Å². The van der Waals surface area contributed by atoms with Crippen LogP contribution in [0.5, 0.6) is 0 Å². The van der Waals surface area contributed by atoms with Gasteiger partial charge in [0.15, 0.2) is 0 Å². The van der Waals surface area contributed by atoms with Gasteiger partial charge in [-0.1, -0.05) is 28.8 Å². The Hall–Kier alpha value is -0.780. The van der Waals surface area contributed by atoms with Gasteiger partial charge in [0.2, 0.25) is 0 Å². The Morgan fingerprint density at radius 1 is 1.42 bits per heavy atom. The molecule has 2 N–H and O–H groups in total. The first-order valence-electron chi connectivity index (χ1n) is 3.41. The summed E-state index contributed by atoms with van der Waals surface area (Å²) in [5.41, 5.74) is 7.66. The van der Waals surface area contributed by atoms with Crippen LogP contribution in [-0.2, 0) is 0 Å². The highest BCUT2D eigenvalue weighted by Crippen LogP contribution is 2.24. The molecule has 1 unspecified atom stereocenters. The van der Waals surface area contributed by atoms with Crippen molar-refractivity contribution in [3.63, 3.8) is 0 Å². The molecule has 0 saturated heterocycles. The minimum atomic E-state index is -0.162. The molecular formula is C7H7N3S2. The van der Waals surface area contributed by atoms with Gasteiger partial charge in [-0.25, -0.2) is 10.4 Å². The lowest BCUT2D eigenvalue weighted by Gasteiger charge is -2.00.